The number of para-hydroxylation sites is 1. The van der Waals surface area contributed by atoms with Gasteiger partial charge in [-0.05, 0) is 35.6 Å². The van der Waals surface area contributed by atoms with E-state index >= 15 is 0 Å². The Labute approximate surface area is 179 Å². The molecule has 0 aliphatic carbocycles. The van der Waals surface area contributed by atoms with Crippen molar-refractivity contribution in [1.82, 2.24) is 15.5 Å². The first-order chi connectivity index (χ1) is 14.5. The van der Waals surface area contributed by atoms with Crippen molar-refractivity contribution < 1.29 is 9.59 Å². The highest BCUT2D eigenvalue weighted by Gasteiger charge is 2.20. The zero-order chi connectivity index (χ0) is 21.3. The number of likely N-dealkylation sites (tertiary alicyclic amines) is 1. The molecule has 6 nitrogen and oxygen atoms in total. The Bertz CT molecular complexity index is 838. The molecule has 160 valence electrons. The molecule has 2 aromatic carbocycles. The summed E-state index contributed by atoms with van der Waals surface area (Å²) in [7, 11) is 0. The molecule has 1 fully saturated rings. The van der Waals surface area contributed by atoms with Crippen molar-refractivity contribution in [3.8, 4) is 0 Å². The molecule has 1 heterocycles. The lowest BCUT2D eigenvalue weighted by Gasteiger charge is -2.24. The Balaban J connectivity index is 1.45. The fourth-order valence-electron chi connectivity index (χ4n) is 3.58. The van der Waals surface area contributed by atoms with Gasteiger partial charge in [0.25, 0.3) is 0 Å². The van der Waals surface area contributed by atoms with Crippen LogP contribution in [0.4, 0.5) is 10.5 Å². The molecule has 1 unspecified atom stereocenters. The minimum Gasteiger partial charge on any atom is -0.380 e. The fraction of sp³-hybridized carbons (Fsp3) is 0.417. The number of benzene rings is 2. The maximum absolute atomic E-state index is 12.3. The van der Waals surface area contributed by atoms with Crippen LogP contribution in [0.15, 0.2) is 54.6 Å². The second kappa shape index (κ2) is 10.7. The van der Waals surface area contributed by atoms with E-state index in [9.17, 15) is 9.59 Å². The largest absolute Gasteiger partial charge is 0.380 e. The second-order valence-corrected chi connectivity index (χ2v) is 8.16. The molecule has 3 amide bonds. The molecule has 1 atom stereocenters. The first kappa shape index (κ1) is 21.7. The molecule has 1 aliphatic heterocycles. The molecule has 1 saturated heterocycles. The number of nitrogens with zero attached hydrogens (tertiary/aromatic N) is 1. The van der Waals surface area contributed by atoms with Crippen molar-refractivity contribution in [2.24, 2.45) is 5.92 Å². The van der Waals surface area contributed by atoms with Gasteiger partial charge in [-0.1, -0.05) is 56.3 Å². The lowest BCUT2D eigenvalue weighted by molar-refractivity contribution is -0.128. The highest BCUT2D eigenvalue weighted by Crippen LogP contribution is 2.15. The quantitative estimate of drug-likeness (QED) is 0.592. The number of nitrogens with one attached hydrogen (secondary N) is 3. The number of hydrogen-bond donors (Lipinski definition) is 3. The predicted octanol–water partition coefficient (Wildman–Crippen LogP) is 3.74. The number of carbonyl (C=O) groups is 2. The predicted molar refractivity (Wildman–Crippen MR) is 120 cm³/mol. The fourth-order valence-corrected chi connectivity index (χ4v) is 3.58. The minimum atomic E-state index is -0.185. The topological polar surface area (TPSA) is 73.5 Å². The summed E-state index contributed by atoms with van der Waals surface area (Å²) >= 11 is 0. The molecule has 1 aliphatic rings. The van der Waals surface area contributed by atoms with Gasteiger partial charge in [0.2, 0.25) is 5.91 Å². The van der Waals surface area contributed by atoms with Gasteiger partial charge in [0.05, 0.1) is 0 Å². The van der Waals surface area contributed by atoms with Crippen LogP contribution >= 0.6 is 0 Å². The van der Waals surface area contributed by atoms with Gasteiger partial charge in [-0.3, -0.25) is 4.79 Å². The Hall–Kier alpha value is -3.02. The van der Waals surface area contributed by atoms with Crippen LogP contribution in [0, 0.1) is 5.92 Å². The summed E-state index contributed by atoms with van der Waals surface area (Å²) in [6.45, 7) is 6.73. The van der Waals surface area contributed by atoms with Crippen molar-refractivity contribution in [3.05, 3.63) is 65.7 Å². The Morgan fingerprint density at radius 2 is 1.80 bits per heavy atom. The van der Waals surface area contributed by atoms with Crippen molar-refractivity contribution in [2.75, 3.05) is 18.4 Å². The van der Waals surface area contributed by atoms with Crippen LogP contribution in [0.1, 0.15) is 37.8 Å². The summed E-state index contributed by atoms with van der Waals surface area (Å²) < 4.78 is 0. The molecule has 2 aromatic rings. The van der Waals surface area contributed by atoms with E-state index in [1.54, 1.807) is 0 Å². The van der Waals surface area contributed by atoms with Crippen LogP contribution < -0.4 is 16.0 Å². The Morgan fingerprint density at radius 1 is 1.03 bits per heavy atom. The minimum absolute atomic E-state index is 0.138. The van der Waals surface area contributed by atoms with E-state index in [0.29, 0.717) is 32.0 Å². The second-order valence-electron chi connectivity index (χ2n) is 8.16. The average molecular weight is 409 g/mol. The normalized spacial score (nSPS) is 14.6. The number of urea groups is 1. The van der Waals surface area contributed by atoms with Gasteiger partial charge in [0.15, 0.2) is 0 Å². The number of amides is 3. The molecule has 30 heavy (non-hydrogen) atoms. The lowest BCUT2D eigenvalue weighted by Crippen LogP contribution is -2.43. The van der Waals surface area contributed by atoms with Crippen LogP contribution in [0.3, 0.4) is 0 Å². The summed E-state index contributed by atoms with van der Waals surface area (Å²) in [6, 6.07) is 18.0. The van der Waals surface area contributed by atoms with Gasteiger partial charge in [0.1, 0.15) is 0 Å². The number of hydrogen-bond acceptors (Lipinski definition) is 3. The molecule has 6 heteroatoms. The molecule has 0 spiro atoms. The third-order valence-electron chi connectivity index (χ3n) is 5.40. The van der Waals surface area contributed by atoms with E-state index < -0.39 is 0 Å². The van der Waals surface area contributed by atoms with Crippen molar-refractivity contribution in [2.45, 2.75) is 45.8 Å². The number of anilines is 1. The summed E-state index contributed by atoms with van der Waals surface area (Å²) in [5.74, 6) is 0.595. The number of carbonyl (C=O) groups excluding carboxylic acids is 2. The summed E-state index contributed by atoms with van der Waals surface area (Å²) in [5, 5.41) is 9.37. The van der Waals surface area contributed by atoms with E-state index in [-0.39, 0.29) is 18.0 Å². The maximum atomic E-state index is 12.3. The van der Waals surface area contributed by atoms with E-state index in [1.165, 1.54) is 0 Å². The zero-order valence-electron chi connectivity index (χ0n) is 17.9. The van der Waals surface area contributed by atoms with Gasteiger partial charge in [-0.2, -0.15) is 0 Å². The van der Waals surface area contributed by atoms with E-state index in [2.05, 4.69) is 35.9 Å². The van der Waals surface area contributed by atoms with Crippen LogP contribution in [-0.2, 0) is 17.9 Å². The molecular formula is C24H32N4O2. The summed E-state index contributed by atoms with van der Waals surface area (Å²) in [6.07, 6.45) is 1.59. The van der Waals surface area contributed by atoms with Gasteiger partial charge < -0.3 is 20.9 Å². The van der Waals surface area contributed by atoms with E-state index in [0.717, 1.165) is 29.8 Å². The first-order valence-corrected chi connectivity index (χ1v) is 10.7. The molecule has 0 saturated carbocycles. The van der Waals surface area contributed by atoms with Crippen LogP contribution in [0.2, 0.25) is 0 Å². The molecule has 0 bridgehead atoms. The zero-order valence-corrected chi connectivity index (χ0v) is 17.9. The van der Waals surface area contributed by atoms with E-state index in [1.807, 2.05) is 53.4 Å². The highest BCUT2D eigenvalue weighted by atomic mass is 16.2. The third-order valence-corrected chi connectivity index (χ3v) is 5.40. The van der Waals surface area contributed by atoms with Gasteiger partial charge in [-0.15, -0.1) is 0 Å². The molecule has 3 N–H and O–H groups in total. The van der Waals surface area contributed by atoms with Crippen LogP contribution in [-0.4, -0.2) is 36.0 Å². The first-order valence-electron chi connectivity index (χ1n) is 10.7. The average Bonchev–Trinajstić information content (AvgIpc) is 3.14. The monoisotopic (exact) mass is 408 g/mol. The molecular weight excluding hydrogens is 376 g/mol. The highest BCUT2D eigenvalue weighted by molar-refractivity contribution is 5.78. The van der Waals surface area contributed by atoms with Crippen LogP contribution in [0.25, 0.3) is 0 Å². The Kier molecular flexibility index (Phi) is 7.71. The molecule has 0 radical (unpaired) electrons. The Morgan fingerprint density at radius 3 is 2.50 bits per heavy atom. The van der Waals surface area contributed by atoms with Crippen molar-refractivity contribution in [3.63, 3.8) is 0 Å². The third kappa shape index (κ3) is 6.51. The van der Waals surface area contributed by atoms with Gasteiger partial charge in [-0.25, -0.2) is 4.79 Å². The van der Waals surface area contributed by atoms with Crippen molar-refractivity contribution in [1.29, 1.82) is 0 Å². The van der Waals surface area contributed by atoms with Gasteiger partial charge in [0, 0.05) is 44.3 Å². The van der Waals surface area contributed by atoms with E-state index in [4.69, 9.17) is 0 Å². The summed E-state index contributed by atoms with van der Waals surface area (Å²) in [4.78, 5) is 26.0. The lowest BCUT2D eigenvalue weighted by atomic mass is 10.0. The maximum Gasteiger partial charge on any atom is 0.315 e. The number of rotatable bonds is 9. The molecule has 0 aromatic heterocycles. The van der Waals surface area contributed by atoms with Crippen LogP contribution in [0.5, 0.6) is 0 Å². The summed E-state index contributed by atoms with van der Waals surface area (Å²) in [5.41, 5.74) is 3.17. The van der Waals surface area contributed by atoms with Gasteiger partial charge >= 0.3 is 6.03 Å². The molecule has 3 rings (SSSR count). The van der Waals surface area contributed by atoms with Crippen molar-refractivity contribution >= 4 is 17.6 Å². The standard InChI is InChI=1S/C24H32N4O2/c1-18(2)22(27-21-10-4-3-5-11-21)16-26-24(30)25-15-19-8-6-9-20(14-19)17-28-13-7-12-23(28)29/h3-6,8-11,14,18,22,27H,7,12-13,15-17H2,1-2H3,(H2,25,26,30). The smallest absolute Gasteiger partial charge is 0.315 e. The SMILES string of the molecule is CC(C)C(CNC(=O)NCc1cccc(CN2CCCC2=O)c1)Nc1ccccc1.